The van der Waals surface area contributed by atoms with Crippen LogP contribution in [-0.4, -0.2) is 16.5 Å². The Balaban J connectivity index is 1.91. The number of hydrogen-bond donors (Lipinski definition) is 1. The van der Waals surface area contributed by atoms with Crippen molar-refractivity contribution in [2.75, 3.05) is 11.5 Å². The Morgan fingerprint density at radius 3 is 2.93 bits per heavy atom. The summed E-state index contributed by atoms with van der Waals surface area (Å²) in [6.07, 6.45) is 5.26. The molecule has 1 atom stereocenters. The molecule has 1 aromatic rings. The molecular weight excluding hydrogens is 208 g/mol. The van der Waals surface area contributed by atoms with Gasteiger partial charge in [-0.2, -0.15) is 11.8 Å². The van der Waals surface area contributed by atoms with E-state index < -0.39 is 0 Å². The van der Waals surface area contributed by atoms with Crippen LogP contribution in [0.2, 0.25) is 0 Å². The van der Waals surface area contributed by atoms with Crippen LogP contribution in [-0.2, 0) is 6.42 Å². The summed E-state index contributed by atoms with van der Waals surface area (Å²) in [5.41, 5.74) is 6.60. The van der Waals surface area contributed by atoms with E-state index in [9.17, 15) is 0 Å². The number of hydrogen-bond acceptors (Lipinski definition) is 4. The molecule has 0 spiro atoms. The van der Waals surface area contributed by atoms with Crippen molar-refractivity contribution in [2.45, 2.75) is 32.2 Å². The fraction of sp³-hybridized carbons (Fsp3) is 0.727. The number of aromatic nitrogens is 1. The van der Waals surface area contributed by atoms with E-state index in [2.05, 4.69) is 4.98 Å². The molecule has 1 saturated heterocycles. The van der Waals surface area contributed by atoms with Crippen molar-refractivity contribution in [1.82, 2.24) is 4.98 Å². The topological polar surface area (TPSA) is 52.0 Å². The predicted octanol–water partition coefficient (Wildman–Crippen LogP) is 2.38. The summed E-state index contributed by atoms with van der Waals surface area (Å²) < 4.78 is 5.43. The van der Waals surface area contributed by atoms with Crippen LogP contribution in [0, 0.1) is 5.92 Å². The summed E-state index contributed by atoms with van der Waals surface area (Å²) in [6, 6.07) is -0.0237. The Hall–Kier alpha value is -0.480. The monoisotopic (exact) mass is 226 g/mol. The molecule has 84 valence electrons. The highest BCUT2D eigenvalue weighted by atomic mass is 32.2. The van der Waals surface area contributed by atoms with Gasteiger partial charge in [0, 0.05) is 12.5 Å². The van der Waals surface area contributed by atoms with Crippen LogP contribution in [0.4, 0.5) is 0 Å². The number of thioether (sulfide) groups is 1. The molecule has 3 nitrogen and oxygen atoms in total. The molecule has 0 aliphatic carbocycles. The van der Waals surface area contributed by atoms with Crippen LogP contribution in [0.25, 0.3) is 0 Å². The smallest absolute Gasteiger partial charge is 0.194 e. The van der Waals surface area contributed by atoms with Crippen LogP contribution >= 0.6 is 11.8 Å². The van der Waals surface area contributed by atoms with Crippen LogP contribution in [0.5, 0.6) is 0 Å². The lowest BCUT2D eigenvalue weighted by Crippen LogP contribution is -2.12. The molecule has 1 unspecified atom stereocenters. The summed E-state index contributed by atoms with van der Waals surface area (Å²) in [5, 5.41) is 0. The molecule has 15 heavy (non-hydrogen) atoms. The molecule has 0 radical (unpaired) electrons. The minimum Gasteiger partial charge on any atom is -0.449 e. The van der Waals surface area contributed by atoms with Gasteiger partial charge in [0.25, 0.3) is 0 Å². The quantitative estimate of drug-likeness (QED) is 0.859. The summed E-state index contributed by atoms with van der Waals surface area (Å²) in [4.78, 5) is 4.41. The van der Waals surface area contributed by atoms with E-state index in [1.807, 2.05) is 18.7 Å². The molecule has 4 heteroatoms. The van der Waals surface area contributed by atoms with E-state index in [4.69, 9.17) is 10.2 Å². The Kier molecular flexibility index (Phi) is 3.70. The van der Waals surface area contributed by atoms with Gasteiger partial charge in [-0.05, 0) is 37.2 Å². The van der Waals surface area contributed by atoms with Crippen molar-refractivity contribution in [1.29, 1.82) is 0 Å². The maximum atomic E-state index is 5.73. The zero-order valence-corrected chi connectivity index (χ0v) is 9.93. The second kappa shape index (κ2) is 5.03. The van der Waals surface area contributed by atoms with Gasteiger partial charge in [0.2, 0.25) is 0 Å². The van der Waals surface area contributed by atoms with Crippen molar-refractivity contribution in [3.63, 3.8) is 0 Å². The average Bonchev–Trinajstić information content (AvgIpc) is 2.68. The van der Waals surface area contributed by atoms with E-state index in [1.54, 1.807) is 6.26 Å². The largest absolute Gasteiger partial charge is 0.449 e. The Morgan fingerprint density at radius 1 is 1.60 bits per heavy atom. The average molecular weight is 226 g/mol. The van der Waals surface area contributed by atoms with Gasteiger partial charge < -0.3 is 10.2 Å². The Labute approximate surface area is 94.8 Å². The van der Waals surface area contributed by atoms with Gasteiger partial charge in [-0.15, -0.1) is 0 Å². The van der Waals surface area contributed by atoms with E-state index in [1.165, 1.54) is 24.3 Å². The second-order valence-electron chi connectivity index (χ2n) is 4.21. The maximum Gasteiger partial charge on any atom is 0.194 e. The van der Waals surface area contributed by atoms with Gasteiger partial charge in [0.15, 0.2) is 5.89 Å². The van der Waals surface area contributed by atoms with Gasteiger partial charge in [0.05, 0.1) is 5.69 Å². The Bertz CT molecular complexity index is 305. The minimum absolute atomic E-state index is 0.0237. The van der Waals surface area contributed by atoms with Crippen LogP contribution in [0.3, 0.4) is 0 Å². The molecule has 0 bridgehead atoms. The van der Waals surface area contributed by atoms with E-state index in [-0.39, 0.29) is 6.04 Å². The lowest BCUT2D eigenvalue weighted by molar-refractivity contribution is 0.408. The summed E-state index contributed by atoms with van der Waals surface area (Å²) in [5.74, 6) is 4.18. The molecule has 1 aromatic heterocycles. The van der Waals surface area contributed by atoms with Crippen LogP contribution in [0.1, 0.15) is 37.4 Å². The predicted molar refractivity (Wildman–Crippen MR) is 62.9 cm³/mol. The number of nitrogens with two attached hydrogens (primary N) is 1. The first-order valence-electron chi connectivity index (χ1n) is 5.53. The number of rotatable bonds is 3. The lowest BCUT2D eigenvalue weighted by atomic mass is 9.99. The molecule has 2 N–H and O–H groups in total. The van der Waals surface area contributed by atoms with Crippen molar-refractivity contribution in [2.24, 2.45) is 11.7 Å². The highest BCUT2D eigenvalue weighted by molar-refractivity contribution is 7.99. The first-order valence-corrected chi connectivity index (χ1v) is 6.69. The standard InChI is InChI=1S/C11H18N2OS/c1-8(12)10-7-14-11(13-10)6-9-2-4-15-5-3-9/h7-9H,2-6,12H2,1H3. The van der Waals surface area contributed by atoms with E-state index >= 15 is 0 Å². The molecule has 1 aliphatic heterocycles. The first kappa shape index (κ1) is 11.0. The van der Waals surface area contributed by atoms with Gasteiger partial charge >= 0.3 is 0 Å². The van der Waals surface area contributed by atoms with E-state index in [0.29, 0.717) is 0 Å². The highest BCUT2D eigenvalue weighted by Crippen LogP contribution is 2.25. The van der Waals surface area contributed by atoms with E-state index in [0.717, 1.165) is 23.9 Å². The third-order valence-electron chi connectivity index (χ3n) is 2.84. The van der Waals surface area contributed by atoms with Gasteiger partial charge in [-0.1, -0.05) is 0 Å². The summed E-state index contributed by atoms with van der Waals surface area (Å²) in [6.45, 7) is 1.93. The third kappa shape index (κ3) is 2.98. The molecule has 0 saturated carbocycles. The highest BCUT2D eigenvalue weighted by Gasteiger charge is 2.17. The number of nitrogens with zero attached hydrogens (tertiary/aromatic N) is 1. The van der Waals surface area contributed by atoms with Gasteiger partial charge in [-0.25, -0.2) is 4.98 Å². The molecule has 2 heterocycles. The lowest BCUT2D eigenvalue weighted by Gasteiger charge is -2.19. The van der Waals surface area contributed by atoms with Crippen LogP contribution < -0.4 is 5.73 Å². The normalized spacial score (nSPS) is 20.4. The van der Waals surface area contributed by atoms with Crippen molar-refractivity contribution in [3.05, 3.63) is 17.8 Å². The molecule has 0 aromatic carbocycles. The second-order valence-corrected chi connectivity index (χ2v) is 5.44. The van der Waals surface area contributed by atoms with Crippen molar-refractivity contribution in [3.8, 4) is 0 Å². The zero-order chi connectivity index (χ0) is 10.7. The third-order valence-corrected chi connectivity index (χ3v) is 3.89. The minimum atomic E-state index is -0.0237. The molecule has 0 amide bonds. The molecule has 2 rings (SSSR count). The fourth-order valence-electron chi connectivity index (χ4n) is 1.83. The molecule has 1 aliphatic rings. The molecule has 1 fully saturated rings. The zero-order valence-electron chi connectivity index (χ0n) is 9.11. The fourth-order valence-corrected chi connectivity index (χ4v) is 3.03. The summed E-state index contributed by atoms with van der Waals surface area (Å²) in [7, 11) is 0. The van der Waals surface area contributed by atoms with Gasteiger partial charge in [0.1, 0.15) is 6.26 Å². The van der Waals surface area contributed by atoms with Crippen molar-refractivity contribution >= 4 is 11.8 Å². The van der Waals surface area contributed by atoms with Crippen LogP contribution in [0.15, 0.2) is 10.7 Å². The summed E-state index contributed by atoms with van der Waals surface area (Å²) >= 11 is 2.05. The SMILES string of the molecule is CC(N)c1coc(CC2CCSCC2)n1. The first-order chi connectivity index (χ1) is 7.25. The molecular formula is C11H18N2OS. The Morgan fingerprint density at radius 2 is 2.33 bits per heavy atom. The van der Waals surface area contributed by atoms with Gasteiger partial charge in [-0.3, -0.25) is 0 Å². The maximum absolute atomic E-state index is 5.73. The van der Waals surface area contributed by atoms with Crippen molar-refractivity contribution < 1.29 is 4.42 Å². The number of oxazole rings is 1.